The number of rotatable bonds is 4. The molecule has 3 nitrogen and oxygen atoms in total. The lowest BCUT2D eigenvalue weighted by Gasteiger charge is -2.32. The van der Waals surface area contributed by atoms with Gasteiger partial charge < -0.3 is 4.90 Å². The second-order valence-corrected chi connectivity index (χ2v) is 7.58. The van der Waals surface area contributed by atoms with Crippen LogP contribution in [0.15, 0.2) is 29.2 Å². The third-order valence-electron chi connectivity index (χ3n) is 4.07. The summed E-state index contributed by atoms with van der Waals surface area (Å²) in [6.07, 6.45) is 2.76. The molecule has 1 aliphatic heterocycles. The summed E-state index contributed by atoms with van der Waals surface area (Å²) in [5.74, 6) is 0.122. The smallest absolute Gasteiger partial charge is 0.303 e. The van der Waals surface area contributed by atoms with E-state index in [0.717, 1.165) is 45.0 Å². The van der Waals surface area contributed by atoms with Crippen LogP contribution in [0.5, 0.6) is 0 Å². The molecule has 0 N–H and O–H groups in total. The zero-order valence-electron chi connectivity index (χ0n) is 12.8. The maximum atomic E-state index is 12.6. The summed E-state index contributed by atoms with van der Waals surface area (Å²) in [4.78, 5) is 1.67. The fourth-order valence-corrected chi connectivity index (χ4v) is 3.69. The van der Waals surface area contributed by atoms with Gasteiger partial charge in [0.05, 0.1) is 4.90 Å². The first kappa shape index (κ1) is 20.3. The maximum absolute atomic E-state index is 12.6. The van der Waals surface area contributed by atoms with Gasteiger partial charge >= 0.3 is 5.51 Å². The van der Waals surface area contributed by atoms with Gasteiger partial charge in [-0.25, -0.2) is 8.42 Å². The Kier molecular flexibility index (Phi) is 6.92. The summed E-state index contributed by atoms with van der Waals surface area (Å²) in [7, 11) is -5.27. The molecule has 1 aliphatic rings. The van der Waals surface area contributed by atoms with Crippen LogP contribution in [0, 0.1) is 0 Å². The van der Waals surface area contributed by atoms with E-state index in [1.54, 1.807) is 6.07 Å². The molecule has 0 bridgehead atoms. The lowest BCUT2D eigenvalue weighted by molar-refractivity contribution is -0.0436. The van der Waals surface area contributed by atoms with Gasteiger partial charge in [0.2, 0.25) is 0 Å². The van der Waals surface area contributed by atoms with Crippen molar-refractivity contribution in [3.63, 3.8) is 0 Å². The van der Waals surface area contributed by atoms with Crippen molar-refractivity contribution in [1.29, 1.82) is 0 Å². The first-order chi connectivity index (χ1) is 10.3. The van der Waals surface area contributed by atoms with Gasteiger partial charge in [0.1, 0.15) is 0 Å². The number of benzene rings is 1. The van der Waals surface area contributed by atoms with E-state index < -0.39 is 20.2 Å². The molecule has 1 aromatic carbocycles. The fourth-order valence-electron chi connectivity index (χ4n) is 2.88. The average Bonchev–Trinajstić information content (AvgIpc) is 2.47. The molecular formula is C15H21ClF3NO2S. The van der Waals surface area contributed by atoms with Crippen LogP contribution in [-0.2, 0) is 9.84 Å². The van der Waals surface area contributed by atoms with Crippen molar-refractivity contribution in [2.45, 2.75) is 42.5 Å². The van der Waals surface area contributed by atoms with Crippen LogP contribution in [-0.4, -0.2) is 38.5 Å². The lowest BCUT2D eigenvalue weighted by atomic mass is 9.89. The third-order valence-corrected chi connectivity index (χ3v) is 5.56. The molecule has 1 heterocycles. The zero-order chi connectivity index (χ0) is 16.4. The van der Waals surface area contributed by atoms with Crippen molar-refractivity contribution in [3.05, 3.63) is 29.8 Å². The maximum Gasteiger partial charge on any atom is 0.501 e. The van der Waals surface area contributed by atoms with E-state index in [1.165, 1.54) is 12.1 Å². The number of hydrogen-bond donors (Lipinski definition) is 0. The predicted molar refractivity (Wildman–Crippen MR) is 85.6 cm³/mol. The Morgan fingerprint density at radius 2 is 1.83 bits per heavy atom. The Bertz CT molecular complexity index is 611. The third kappa shape index (κ3) is 4.61. The molecule has 132 valence electrons. The molecule has 0 atom stereocenters. The van der Waals surface area contributed by atoms with Crippen LogP contribution in [0.4, 0.5) is 13.2 Å². The van der Waals surface area contributed by atoms with Gasteiger partial charge in [-0.2, -0.15) is 13.2 Å². The number of nitrogens with zero attached hydrogens (tertiary/aromatic N) is 1. The summed E-state index contributed by atoms with van der Waals surface area (Å²) < 4.78 is 60.9. The van der Waals surface area contributed by atoms with Gasteiger partial charge in [-0.1, -0.05) is 19.1 Å². The van der Waals surface area contributed by atoms with Gasteiger partial charge in [0.15, 0.2) is 0 Å². The standard InChI is InChI=1S/C15H20F3NO2S.ClH/c1-2-8-19-9-6-12(7-10-19)13-4-3-5-14(11-13)22(20,21)15(16,17)18;/h3-5,11-12H,2,6-10H2,1H3;1H. The van der Waals surface area contributed by atoms with Crippen LogP contribution in [0.3, 0.4) is 0 Å². The molecule has 0 saturated carbocycles. The molecule has 0 radical (unpaired) electrons. The van der Waals surface area contributed by atoms with Crippen molar-refractivity contribution in [3.8, 4) is 0 Å². The molecule has 0 aliphatic carbocycles. The SMILES string of the molecule is CCCN1CCC(c2cccc(S(=O)(=O)C(F)(F)F)c2)CC1.Cl. The molecule has 23 heavy (non-hydrogen) atoms. The molecule has 0 spiro atoms. The normalized spacial score (nSPS) is 17.7. The average molecular weight is 372 g/mol. The fraction of sp³-hybridized carbons (Fsp3) is 0.600. The van der Waals surface area contributed by atoms with Gasteiger partial charge in [-0.3, -0.25) is 0 Å². The number of sulfone groups is 1. The van der Waals surface area contributed by atoms with Gasteiger partial charge in [0.25, 0.3) is 9.84 Å². The highest BCUT2D eigenvalue weighted by Gasteiger charge is 2.46. The van der Waals surface area contributed by atoms with Crippen LogP contribution in [0.2, 0.25) is 0 Å². The summed E-state index contributed by atoms with van der Waals surface area (Å²) >= 11 is 0. The lowest BCUT2D eigenvalue weighted by Crippen LogP contribution is -2.33. The van der Waals surface area contributed by atoms with E-state index in [0.29, 0.717) is 5.56 Å². The minimum absolute atomic E-state index is 0. The predicted octanol–water partition coefficient (Wildman–Crippen LogP) is 3.99. The number of piperidine rings is 1. The molecule has 0 aromatic heterocycles. The van der Waals surface area contributed by atoms with Crippen molar-refractivity contribution in [1.82, 2.24) is 4.90 Å². The van der Waals surface area contributed by atoms with Gasteiger partial charge in [-0.05, 0) is 62.5 Å². The second kappa shape index (κ2) is 7.85. The quantitative estimate of drug-likeness (QED) is 0.803. The van der Waals surface area contributed by atoms with E-state index in [4.69, 9.17) is 0 Å². The zero-order valence-corrected chi connectivity index (χ0v) is 14.5. The Hall–Kier alpha value is -0.790. The summed E-state index contributed by atoms with van der Waals surface area (Å²) in [6.45, 7) is 4.93. The highest BCUT2D eigenvalue weighted by Crippen LogP contribution is 2.34. The molecule has 1 aromatic rings. The van der Waals surface area contributed by atoms with E-state index >= 15 is 0 Å². The monoisotopic (exact) mass is 371 g/mol. The molecule has 8 heteroatoms. The van der Waals surface area contributed by atoms with Crippen LogP contribution in [0.1, 0.15) is 37.7 Å². The topological polar surface area (TPSA) is 37.4 Å². The van der Waals surface area contributed by atoms with Gasteiger partial charge in [-0.15, -0.1) is 12.4 Å². The van der Waals surface area contributed by atoms with Crippen LogP contribution < -0.4 is 0 Å². The highest BCUT2D eigenvalue weighted by atomic mass is 35.5. The van der Waals surface area contributed by atoms with Crippen molar-refractivity contribution in [2.75, 3.05) is 19.6 Å². The van der Waals surface area contributed by atoms with Crippen molar-refractivity contribution < 1.29 is 21.6 Å². The molecular weight excluding hydrogens is 351 g/mol. The Labute approximate surface area is 141 Å². The summed E-state index contributed by atoms with van der Waals surface area (Å²) in [5, 5.41) is 0. The van der Waals surface area contributed by atoms with Crippen molar-refractivity contribution in [2.24, 2.45) is 0 Å². The van der Waals surface area contributed by atoms with Crippen LogP contribution >= 0.6 is 12.4 Å². The molecule has 0 amide bonds. The molecule has 1 fully saturated rings. The van der Waals surface area contributed by atoms with E-state index in [1.807, 2.05) is 0 Å². The minimum atomic E-state index is -5.27. The Morgan fingerprint density at radius 3 is 2.35 bits per heavy atom. The largest absolute Gasteiger partial charge is 0.501 e. The van der Waals surface area contributed by atoms with Crippen molar-refractivity contribution >= 4 is 22.2 Å². The van der Waals surface area contributed by atoms with E-state index in [9.17, 15) is 21.6 Å². The molecule has 0 unspecified atom stereocenters. The summed E-state index contributed by atoms with van der Waals surface area (Å²) in [5.41, 5.74) is -4.57. The Morgan fingerprint density at radius 1 is 1.22 bits per heavy atom. The first-order valence-corrected chi connectivity index (χ1v) is 8.87. The highest BCUT2D eigenvalue weighted by molar-refractivity contribution is 7.92. The Balaban J connectivity index is 0.00000264. The van der Waals surface area contributed by atoms with E-state index in [-0.39, 0.29) is 18.3 Å². The van der Waals surface area contributed by atoms with Gasteiger partial charge in [0, 0.05) is 0 Å². The summed E-state index contributed by atoms with van der Waals surface area (Å²) in [6, 6.07) is 5.31. The number of likely N-dealkylation sites (tertiary alicyclic amines) is 1. The number of halogens is 4. The number of hydrogen-bond acceptors (Lipinski definition) is 3. The molecule has 1 saturated heterocycles. The first-order valence-electron chi connectivity index (χ1n) is 7.39. The number of alkyl halides is 3. The second-order valence-electron chi connectivity index (χ2n) is 5.64. The minimum Gasteiger partial charge on any atom is -0.303 e. The van der Waals surface area contributed by atoms with Crippen LogP contribution in [0.25, 0.3) is 0 Å². The molecule has 2 rings (SSSR count). The van der Waals surface area contributed by atoms with E-state index in [2.05, 4.69) is 11.8 Å².